The minimum atomic E-state index is -0.200. The van der Waals surface area contributed by atoms with Crippen molar-refractivity contribution in [1.82, 2.24) is 15.5 Å². The summed E-state index contributed by atoms with van der Waals surface area (Å²) in [5.74, 6) is 5.19. The zero-order valence-electron chi connectivity index (χ0n) is 11.7. The number of halogens is 1. The highest BCUT2D eigenvalue weighted by atomic mass is 35.5. The molecular formula is C14H18ClN5O. The van der Waals surface area contributed by atoms with Crippen LogP contribution in [0.25, 0.3) is 0 Å². The average Bonchev–Trinajstić information content (AvgIpc) is 2.88. The van der Waals surface area contributed by atoms with Gasteiger partial charge in [0, 0.05) is 17.3 Å². The summed E-state index contributed by atoms with van der Waals surface area (Å²) in [7, 11) is 0. The normalized spacial score (nSPS) is 10.4. The van der Waals surface area contributed by atoms with Gasteiger partial charge in [0.1, 0.15) is 0 Å². The van der Waals surface area contributed by atoms with E-state index in [1.165, 1.54) is 0 Å². The van der Waals surface area contributed by atoms with Crippen LogP contribution >= 0.6 is 11.6 Å². The van der Waals surface area contributed by atoms with E-state index in [1.54, 1.807) is 18.2 Å². The quantitative estimate of drug-likeness (QED) is 0.373. The van der Waals surface area contributed by atoms with Crippen molar-refractivity contribution in [2.75, 3.05) is 12.0 Å². The molecule has 0 aliphatic carbocycles. The Balaban J connectivity index is 1.87. The van der Waals surface area contributed by atoms with Gasteiger partial charge in [-0.05, 0) is 43.5 Å². The first-order valence-corrected chi connectivity index (χ1v) is 7.03. The molecule has 2 rings (SSSR count). The van der Waals surface area contributed by atoms with E-state index in [0.717, 1.165) is 24.1 Å². The van der Waals surface area contributed by atoms with Crippen molar-refractivity contribution in [3.8, 4) is 0 Å². The van der Waals surface area contributed by atoms with Gasteiger partial charge < -0.3 is 10.7 Å². The monoisotopic (exact) mass is 307 g/mol. The number of nitrogen functional groups attached to an aromatic ring is 1. The number of carbonyl (C=O) groups is 1. The summed E-state index contributed by atoms with van der Waals surface area (Å²) in [5.41, 5.74) is 5.70. The highest BCUT2D eigenvalue weighted by molar-refractivity contribution is 6.31. The molecular weight excluding hydrogens is 290 g/mol. The highest BCUT2D eigenvalue weighted by Gasteiger charge is 2.11. The van der Waals surface area contributed by atoms with Gasteiger partial charge >= 0.3 is 0 Å². The first kappa shape index (κ1) is 15.3. The topological polar surface area (TPSA) is 95.8 Å². The Morgan fingerprint density at radius 3 is 2.95 bits per heavy atom. The number of amides is 1. The predicted octanol–water partition coefficient (Wildman–Crippen LogP) is 2.02. The summed E-state index contributed by atoms with van der Waals surface area (Å²) in [6, 6.07) is 4.94. The number of anilines is 1. The van der Waals surface area contributed by atoms with Crippen LogP contribution in [0.3, 0.4) is 0 Å². The zero-order valence-corrected chi connectivity index (χ0v) is 12.5. The highest BCUT2D eigenvalue weighted by Crippen LogP contribution is 2.19. The molecule has 2 aromatic rings. The maximum absolute atomic E-state index is 12.1. The summed E-state index contributed by atoms with van der Waals surface area (Å²) in [4.78, 5) is 12.1. The largest absolute Gasteiger partial charge is 0.352 e. The van der Waals surface area contributed by atoms with Crippen LogP contribution in [-0.2, 0) is 6.42 Å². The molecule has 1 amide bonds. The third-order valence-corrected chi connectivity index (χ3v) is 3.46. The predicted molar refractivity (Wildman–Crippen MR) is 83.2 cm³/mol. The van der Waals surface area contributed by atoms with Gasteiger partial charge in [0.05, 0.1) is 17.4 Å². The lowest BCUT2D eigenvalue weighted by molar-refractivity contribution is 0.0954. The van der Waals surface area contributed by atoms with Crippen molar-refractivity contribution < 1.29 is 4.79 Å². The number of hydrogen-bond donors (Lipinski definition) is 4. The molecule has 112 valence electrons. The number of rotatable bonds is 6. The Hall–Kier alpha value is -2.05. The lowest BCUT2D eigenvalue weighted by Crippen LogP contribution is -2.26. The number of H-pyrrole nitrogens is 1. The van der Waals surface area contributed by atoms with Crippen LogP contribution in [0.4, 0.5) is 5.69 Å². The van der Waals surface area contributed by atoms with E-state index >= 15 is 0 Å². The third-order valence-electron chi connectivity index (χ3n) is 3.22. The van der Waals surface area contributed by atoms with Crippen molar-refractivity contribution in [2.24, 2.45) is 5.84 Å². The Labute approximate surface area is 128 Å². The second kappa shape index (κ2) is 7.10. The number of carbonyl (C=O) groups excluding carboxylic acids is 1. The summed E-state index contributed by atoms with van der Waals surface area (Å²) < 4.78 is 0. The molecule has 0 fully saturated rings. The van der Waals surface area contributed by atoms with Crippen molar-refractivity contribution in [2.45, 2.75) is 19.8 Å². The smallest absolute Gasteiger partial charge is 0.253 e. The van der Waals surface area contributed by atoms with Crippen LogP contribution in [-0.4, -0.2) is 22.6 Å². The fourth-order valence-corrected chi connectivity index (χ4v) is 2.21. The molecule has 7 heteroatoms. The number of hydrogen-bond acceptors (Lipinski definition) is 4. The van der Waals surface area contributed by atoms with Gasteiger partial charge in [0.15, 0.2) is 0 Å². The van der Waals surface area contributed by atoms with E-state index in [4.69, 9.17) is 17.4 Å². The van der Waals surface area contributed by atoms with Crippen LogP contribution in [0.1, 0.15) is 28.0 Å². The Bertz CT molecular complexity index is 626. The molecule has 1 aromatic carbocycles. The molecule has 0 aliphatic rings. The van der Waals surface area contributed by atoms with Gasteiger partial charge in [0.25, 0.3) is 5.91 Å². The summed E-state index contributed by atoms with van der Waals surface area (Å²) in [5, 5.41) is 10.2. The van der Waals surface area contributed by atoms with Gasteiger partial charge in [-0.1, -0.05) is 11.6 Å². The molecule has 5 N–H and O–H groups in total. The van der Waals surface area contributed by atoms with Crippen LogP contribution < -0.4 is 16.6 Å². The second-order valence-corrected chi connectivity index (χ2v) is 5.15. The number of benzene rings is 1. The van der Waals surface area contributed by atoms with Crippen LogP contribution in [0.15, 0.2) is 24.4 Å². The Morgan fingerprint density at radius 2 is 2.29 bits per heavy atom. The molecule has 6 nitrogen and oxygen atoms in total. The maximum Gasteiger partial charge on any atom is 0.253 e. The third kappa shape index (κ3) is 3.96. The van der Waals surface area contributed by atoms with E-state index < -0.39 is 0 Å². The van der Waals surface area contributed by atoms with Crippen molar-refractivity contribution in [3.05, 3.63) is 46.2 Å². The molecule has 0 unspecified atom stereocenters. The number of hydrazine groups is 1. The standard InChI is InChI=1S/C14H18ClN5O/c1-9-10(8-18-20-9)3-2-6-17-14(21)12-7-11(15)4-5-13(12)19-16/h4-5,7-8,19H,2-3,6,16H2,1H3,(H,17,21)(H,18,20). The maximum atomic E-state index is 12.1. The fourth-order valence-electron chi connectivity index (χ4n) is 2.03. The number of nitrogens with zero attached hydrogens (tertiary/aromatic N) is 1. The number of aryl methyl sites for hydroxylation is 2. The molecule has 0 spiro atoms. The fraction of sp³-hybridized carbons (Fsp3) is 0.286. The summed E-state index contributed by atoms with van der Waals surface area (Å²) >= 11 is 5.91. The molecule has 1 heterocycles. The number of aromatic nitrogens is 2. The van der Waals surface area contributed by atoms with E-state index in [9.17, 15) is 4.79 Å². The minimum Gasteiger partial charge on any atom is -0.352 e. The van der Waals surface area contributed by atoms with E-state index in [-0.39, 0.29) is 5.91 Å². The van der Waals surface area contributed by atoms with Crippen molar-refractivity contribution in [3.63, 3.8) is 0 Å². The van der Waals surface area contributed by atoms with Gasteiger partial charge in [-0.25, -0.2) is 0 Å². The zero-order chi connectivity index (χ0) is 15.2. The molecule has 0 aliphatic heterocycles. The van der Waals surface area contributed by atoms with E-state index in [0.29, 0.717) is 22.8 Å². The lowest BCUT2D eigenvalue weighted by atomic mass is 10.1. The molecule has 21 heavy (non-hydrogen) atoms. The molecule has 0 saturated heterocycles. The van der Waals surface area contributed by atoms with E-state index in [1.807, 2.05) is 13.1 Å². The van der Waals surface area contributed by atoms with Crippen molar-refractivity contribution in [1.29, 1.82) is 0 Å². The number of nitrogens with two attached hydrogens (primary N) is 1. The first-order chi connectivity index (χ1) is 10.1. The minimum absolute atomic E-state index is 0.200. The van der Waals surface area contributed by atoms with E-state index in [2.05, 4.69) is 20.9 Å². The average molecular weight is 308 g/mol. The van der Waals surface area contributed by atoms with Crippen LogP contribution in [0, 0.1) is 6.92 Å². The SMILES string of the molecule is Cc1[nH]ncc1CCCNC(=O)c1cc(Cl)ccc1NN. The molecule has 0 saturated carbocycles. The van der Waals surface area contributed by atoms with Gasteiger partial charge in [0.2, 0.25) is 0 Å². The van der Waals surface area contributed by atoms with Gasteiger partial charge in [-0.15, -0.1) is 0 Å². The molecule has 0 bridgehead atoms. The number of aromatic amines is 1. The van der Waals surface area contributed by atoms with Gasteiger partial charge in [-0.3, -0.25) is 15.7 Å². The van der Waals surface area contributed by atoms with Crippen molar-refractivity contribution >= 4 is 23.2 Å². The summed E-state index contributed by atoms with van der Waals surface area (Å²) in [6.07, 6.45) is 3.50. The van der Waals surface area contributed by atoms with Crippen LogP contribution in [0.5, 0.6) is 0 Å². The molecule has 1 aromatic heterocycles. The second-order valence-electron chi connectivity index (χ2n) is 4.71. The summed E-state index contributed by atoms with van der Waals surface area (Å²) in [6.45, 7) is 2.55. The Morgan fingerprint density at radius 1 is 1.48 bits per heavy atom. The lowest BCUT2D eigenvalue weighted by Gasteiger charge is -2.10. The molecule has 0 radical (unpaired) electrons. The number of nitrogens with one attached hydrogen (secondary N) is 3. The van der Waals surface area contributed by atoms with Crippen LogP contribution in [0.2, 0.25) is 5.02 Å². The molecule has 0 atom stereocenters. The first-order valence-electron chi connectivity index (χ1n) is 6.65. The van der Waals surface area contributed by atoms with Gasteiger partial charge in [-0.2, -0.15) is 5.10 Å². The Kier molecular flexibility index (Phi) is 5.19.